The molecule has 0 saturated carbocycles. The number of nitrogens with one attached hydrogen (secondary N) is 1. The van der Waals surface area contributed by atoms with Crippen molar-refractivity contribution in [3.63, 3.8) is 0 Å². The van der Waals surface area contributed by atoms with Crippen LogP contribution in [0.5, 0.6) is 5.75 Å². The minimum absolute atomic E-state index is 0.0804. The van der Waals surface area contributed by atoms with Crippen LogP contribution in [-0.4, -0.2) is 50.0 Å². The minimum Gasteiger partial charge on any atom is -0.459 e. The van der Waals surface area contributed by atoms with Crippen molar-refractivity contribution >= 4 is 34.6 Å². The minimum atomic E-state index is -1.75. The van der Waals surface area contributed by atoms with Crippen LogP contribution in [0.3, 0.4) is 0 Å². The zero-order chi connectivity index (χ0) is 31.3. The largest absolute Gasteiger partial charge is 0.459 e. The summed E-state index contributed by atoms with van der Waals surface area (Å²) < 4.78 is 20.6. The van der Waals surface area contributed by atoms with Crippen molar-refractivity contribution in [2.45, 2.75) is 52.3 Å². The molecule has 3 aromatic carbocycles. The van der Waals surface area contributed by atoms with Crippen molar-refractivity contribution in [2.75, 3.05) is 17.2 Å². The molecule has 0 aliphatic carbocycles. The van der Waals surface area contributed by atoms with Gasteiger partial charge in [0.25, 0.3) is 0 Å². The first-order chi connectivity index (χ1) is 21.1. The highest BCUT2D eigenvalue weighted by Crippen LogP contribution is 2.33. The van der Waals surface area contributed by atoms with Gasteiger partial charge in [0.2, 0.25) is 11.8 Å². The Kier molecular flexibility index (Phi) is 9.43. The highest BCUT2D eigenvalue weighted by Gasteiger charge is 2.32. The van der Waals surface area contributed by atoms with E-state index in [1.165, 1.54) is 25.6 Å². The molecule has 44 heavy (non-hydrogen) atoms. The first kappa shape index (κ1) is 30.9. The quantitative estimate of drug-likeness (QED) is 0.195. The molecule has 1 saturated heterocycles. The van der Waals surface area contributed by atoms with E-state index >= 15 is 0 Å². The first-order valence-corrected chi connectivity index (χ1v) is 15.5. The number of halogens is 1. The maximum Gasteiger partial charge on any atom is 0.343 e. The third kappa shape index (κ3) is 7.71. The highest BCUT2D eigenvalue weighted by molar-refractivity contribution is 8.15. The Labute approximate surface area is 260 Å². The number of nitrogens with zero attached hydrogens (tertiary/aromatic N) is 5. The zero-order valence-electron chi connectivity index (χ0n) is 25.2. The summed E-state index contributed by atoms with van der Waals surface area (Å²) in [5.74, 6) is -0.331. The van der Waals surface area contributed by atoms with E-state index in [1.807, 2.05) is 48.5 Å². The van der Waals surface area contributed by atoms with Crippen LogP contribution < -0.4 is 15.0 Å². The number of aliphatic imine (C=N–C) groups is 1. The number of anilines is 1. The number of amidine groups is 1. The summed E-state index contributed by atoms with van der Waals surface area (Å²) >= 11 is 1.28. The number of carbonyl (C=O) groups is 2. The zero-order valence-corrected chi connectivity index (χ0v) is 26.0. The first-order valence-electron chi connectivity index (χ1n) is 14.5. The van der Waals surface area contributed by atoms with Crippen LogP contribution in [0, 0.1) is 0 Å². The summed E-state index contributed by atoms with van der Waals surface area (Å²) in [4.78, 5) is 35.5. The van der Waals surface area contributed by atoms with E-state index in [9.17, 15) is 14.0 Å². The number of para-hydroxylation sites is 1. The number of amides is 3. The molecule has 4 aromatic rings. The van der Waals surface area contributed by atoms with Gasteiger partial charge < -0.3 is 10.1 Å². The normalized spacial score (nSPS) is 14.5. The maximum atomic E-state index is 13.7. The highest BCUT2D eigenvalue weighted by atomic mass is 32.2. The number of hydrogen-bond acceptors (Lipinski definition) is 6. The maximum absolute atomic E-state index is 13.7. The third-order valence-corrected chi connectivity index (χ3v) is 7.77. The fourth-order valence-corrected chi connectivity index (χ4v) is 5.62. The van der Waals surface area contributed by atoms with E-state index in [0.29, 0.717) is 23.3 Å². The van der Waals surface area contributed by atoms with Gasteiger partial charge in [-0.05, 0) is 60.2 Å². The molecule has 1 aliphatic rings. The molecule has 0 atom stereocenters. The number of hydrogen-bond donors (Lipinski definition) is 1. The number of thioether (sulfide) groups is 1. The molecule has 0 radical (unpaired) electrons. The lowest BCUT2D eigenvalue weighted by Gasteiger charge is -2.21. The second kappa shape index (κ2) is 13.4. The molecule has 1 aromatic heterocycles. The summed E-state index contributed by atoms with van der Waals surface area (Å²) in [6.07, 6.45) is 3.13. The molecule has 0 unspecified atom stereocenters. The predicted octanol–water partition coefficient (Wildman–Crippen LogP) is 6.92. The number of aryl methyl sites for hydroxylation is 1. The fourth-order valence-electron chi connectivity index (χ4n) is 4.76. The molecule has 11 heteroatoms. The molecule has 3 amide bonds. The van der Waals surface area contributed by atoms with E-state index in [-0.39, 0.29) is 17.6 Å². The lowest BCUT2D eigenvalue weighted by molar-refractivity contribution is -0.115. The number of benzene rings is 3. The monoisotopic (exact) mass is 614 g/mol. The van der Waals surface area contributed by atoms with E-state index < -0.39 is 11.9 Å². The Morgan fingerprint density at radius 1 is 1.09 bits per heavy atom. The Morgan fingerprint density at radius 2 is 1.82 bits per heavy atom. The average Bonchev–Trinajstić information content (AvgIpc) is 3.62. The second-order valence-corrected chi connectivity index (χ2v) is 12.1. The lowest BCUT2D eigenvalue weighted by atomic mass is 10.0. The number of aromatic nitrogens is 3. The Morgan fingerprint density at radius 3 is 2.52 bits per heavy atom. The molecule has 2 heterocycles. The van der Waals surface area contributed by atoms with E-state index in [2.05, 4.69) is 34.2 Å². The number of carbonyl (C=O) groups excluding carboxylic acids is 2. The van der Waals surface area contributed by atoms with Crippen LogP contribution in [-0.2, 0) is 11.2 Å². The van der Waals surface area contributed by atoms with Crippen LogP contribution in [0.4, 0.5) is 14.9 Å². The molecule has 228 valence electrons. The van der Waals surface area contributed by atoms with Gasteiger partial charge in [-0.2, -0.15) is 9.38 Å². The van der Waals surface area contributed by atoms with E-state index in [4.69, 9.17) is 4.74 Å². The van der Waals surface area contributed by atoms with Crippen LogP contribution >= 0.6 is 11.8 Å². The van der Waals surface area contributed by atoms with Crippen molar-refractivity contribution in [2.24, 2.45) is 4.99 Å². The molecule has 1 fully saturated rings. The molecular formula is C33H35FN6O3S. The average molecular weight is 615 g/mol. The molecule has 0 bridgehead atoms. The SMILES string of the molecule is CC(C)c1ccccc1N1C(=O)CSC1=NC(=O)NCCCc1ccc(-c2ncn(-c3ccc(OC(C)(C)F)cc3)n2)cc1. The van der Waals surface area contributed by atoms with E-state index in [1.54, 1.807) is 40.2 Å². The van der Waals surface area contributed by atoms with Crippen molar-refractivity contribution < 1.29 is 18.7 Å². The summed E-state index contributed by atoms with van der Waals surface area (Å²) in [7, 11) is 0. The predicted molar refractivity (Wildman–Crippen MR) is 172 cm³/mol. The number of alkyl halides is 1. The van der Waals surface area contributed by atoms with Crippen molar-refractivity contribution in [1.82, 2.24) is 20.1 Å². The summed E-state index contributed by atoms with van der Waals surface area (Å²) in [6.45, 7) is 7.31. The van der Waals surface area contributed by atoms with Crippen molar-refractivity contribution in [1.29, 1.82) is 0 Å². The van der Waals surface area contributed by atoms with Gasteiger partial charge in [-0.15, -0.1) is 5.10 Å². The van der Waals surface area contributed by atoms with Gasteiger partial charge in [0.05, 0.1) is 17.1 Å². The van der Waals surface area contributed by atoms with Crippen LogP contribution in [0.25, 0.3) is 17.1 Å². The van der Waals surface area contributed by atoms with E-state index in [0.717, 1.165) is 40.9 Å². The number of ether oxygens (including phenoxy) is 1. The van der Waals surface area contributed by atoms with Gasteiger partial charge in [0.15, 0.2) is 11.0 Å². The molecule has 0 spiro atoms. The van der Waals surface area contributed by atoms with Crippen molar-refractivity contribution in [3.05, 3.63) is 90.3 Å². The fraction of sp³-hybridized carbons (Fsp3) is 0.303. The summed E-state index contributed by atoms with van der Waals surface area (Å²) in [5, 5.41) is 7.82. The summed E-state index contributed by atoms with van der Waals surface area (Å²) in [5.41, 5.74) is 4.59. The van der Waals surface area contributed by atoms with Gasteiger partial charge in [0.1, 0.15) is 12.1 Å². The smallest absolute Gasteiger partial charge is 0.343 e. The van der Waals surface area contributed by atoms with Gasteiger partial charge in [-0.3, -0.25) is 9.69 Å². The number of rotatable bonds is 10. The Hall–Kier alpha value is -4.51. The molecule has 1 aliphatic heterocycles. The number of urea groups is 1. The van der Waals surface area contributed by atoms with Gasteiger partial charge in [-0.25, -0.2) is 14.5 Å². The van der Waals surface area contributed by atoms with Crippen LogP contribution in [0.1, 0.15) is 51.2 Å². The molecule has 5 rings (SSSR count). The second-order valence-electron chi connectivity index (χ2n) is 11.1. The van der Waals surface area contributed by atoms with Gasteiger partial charge >= 0.3 is 6.03 Å². The van der Waals surface area contributed by atoms with Crippen LogP contribution in [0.15, 0.2) is 84.1 Å². The van der Waals surface area contributed by atoms with Crippen LogP contribution in [0.2, 0.25) is 0 Å². The molecule has 9 nitrogen and oxygen atoms in total. The Bertz CT molecular complexity index is 1650. The summed E-state index contributed by atoms with van der Waals surface area (Å²) in [6, 6.07) is 22.2. The molecule has 1 N–H and O–H groups in total. The topological polar surface area (TPSA) is 102 Å². The lowest BCUT2D eigenvalue weighted by Crippen LogP contribution is -2.32. The third-order valence-electron chi connectivity index (χ3n) is 6.85. The van der Waals surface area contributed by atoms with Gasteiger partial charge in [0, 0.05) is 26.0 Å². The standard InChI is InChI=1S/C33H35FN6O3S/c1-22(2)27-9-5-6-10-28(27)40-29(41)20-44-32(40)37-31(42)35-19-7-8-23-11-13-24(14-12-23)30-36-21-39(38-30)25-15-17-26(18-16-25)43-33(3,4)34/h5-6,9-18,21-22H,7-8,19-20H2,1-4H3,(H,35,42). The van der Waals surface area contributed by atoms with Gasteiger partial charge in [-0.1, -0.05) is 68.1 Å². The molecular weight excluding hydrogens is 579 g/mol. The Balaban J connectivity index is 1.12. The van der Waals surface area contributed by atoms with Crippen molar-refractivity contribution in [3.8, 4) is 22.8 Å².